The van der Waals surface area contributed by atoms with Crippen LogP contribution in [0.2, 0.25) is 0 Å². The van der Waals surface area contributed by atoms with Gasteiger partial charge in [-0.1, -0.05) is 13.8 Å². The molecule has 1 aromatic rings. The van der Waals surface area contributed by atoms with Crippen molar-refractivity contribution in [2.75, 3.05) is 0 Å². The van der Waals surface area contributed by atoms with E-state index in [1.165, 1.54) is 0 Å². The minimum Gasteiger partial charge on any atom is -0.475 e. The van der Waals surface area contributed by atoms with Gasteiger partial charge in [-0.05, 0) is 18.8 Å². The van der Waals surface area contributed by atoms with Crippen molar-refractivity contribution in [2.45, 2.75) is 33.1 Å². The highest BCUT2D eigenvalue weighted by Gasteiger charge is 2.50. The molecule has 1 fully saturated rings. The van der Waals surface area contributed by atoms with Gasteiger partial charge in [0.05, 0.1) is 5.69 Å². The molecule has 0 aromatic carbocycles. The van der Waals surface area contributed by atoms with Gasteiger partial charge in [0.2, 0.25) is 5.76 Å². The van der Waals surface area contributed by atoms with Crippen LogP contribution in [0.15, 0.2) is 4.42 Å². The lowest BCUT2D eigenvalue weighted by atomic mass is 10.1. The zero-order valence-electron chi connectivity index (χ0n) is 8.50. The molecule has 4 nitrogen and oxygen atoms in total. The zero-order valence-corrected chi connectivity index (χ0v) is 8.50. The molecule has 0 amide bonds. The summed E-state index contributed by atoms with van der Waals surface area (Å²) in [6.45, 7) is 5.90. The summed E-state index contributed by atoms with van der Waals surface area (Å²) in [5.41, 5.74) is 0.683. The van der Waals surface area contributed by atoms with Crippen molar-refractivity contribution in [3.63, 3.8) is 0 Å². The van der Waals surface area contributed by atoms with Crippen molar-refractivity contribution in [3.05, 3.63) is 17.3 Å². The third kappa shape index (κ3) is 1.31. The fourth-order valence-electron chi connectivity index (χ4n) is 1.65. The molecular weight excluding hydrogens is 182 g/mol. The zero-order chi connectivity index (χ0) is 10.5. The number of aromatic nitrogens is 1. The molecule has 0 bridgehead atoms. The fraction of sp³-hybridized carbons (Fsp3) is 0.600. The van der Waals surface area contributed by atoms with E-state index in [2.05, 4.69) is 18.8 Å². The van der Waals surface area contributed by atoms with E-state index >= 15 is 0 Å². The summed E-state index contributed by atoms with van der Waals surface area (Å²) in [6.07, 6.45) is 1.02. The van der Waals surface area contributed by atoms with Gasteiger partial charge in [-0.25, -0.2) is 9.78 Å². The maximum Gasteiger partial charge on any atom is 0.373 e. The lowest BCUT2D eigenvalue weighted by Crippen LogP contribution is -1.95. The summed E-state index contributed by atoms with van der Waals surface area (Å²) in [7, 11) is 0. The average molecular weight is 195 g/mol. The SMILES string of the molecule is Cc1nc(C2CC2(C)C)oc1C(=O)O. The average Bonchev–Trinajstić information content (AvgIpc) is 2.54. The number of carboxylic acid groups (broad SMARTS) is 1. The Labute approximate surface area is 81.9 Å². The second-order valence-corrected chi connectivity index (χ2v) is 4.52. The number of carboxylic acids is 1. The van der Waals surface area contributed by atoms with Crippen LogP contribution in [0.3, 0.4) is 0 Å². The highest BCUT2D eigenvalue weighted by atomic mass is 16.4. The van der Waals surface area contributed by atoms with Gasteiger partial charge < -0.3 is 9.52 Å². The van der Waals surface area contributed by atoms with E-state index in [1.54, 1.807) is 6.92 Å². The molecule has 0 spiro atoms. The molecule has 1 unspecified atom stereocenters. The van der Waals surface area contributed by atoms with Crippen molar-refractivity contribution < 1.29 is 14.3 Å². The van der Waals surface area contributed by atoms with Crippen molar-refractivity contribution in [2.24, 2.45) is 5.41 Å². The number of aromatic carboxylic acids is 1. The quantitative estimate of drug-likeness (QED) is 0.785. The van der Waals surface area contributed by atoms with E-state index in [4.69, 9.17) is 9.52 Å². The molecule has 0 saturated heterocycles. The van der Waals surface area contributed by atoms with Crippen LogP contribution in [0, 0.1) is 12.3 Å². The van der Waals surface area contributed by atoms with Gasteiger partial charge in [0.15, 0.2) is 5.89 Å². The Bertz CT molecular complexity index is 392. The summed E-state index contributed by atoms with van der Waals surface area (Å²) in [5.74, 6) is -0.207. The molecule has 1 aliphatic carbocycles. The van der Waals surface area contributed by atoms with Crippen LogP contribution in [0.4, 0.5) is 0 Å². The predicted molar refractivity (Wildman–Crippen MR) is 49.3 cm³/mol. The third-order valence-electron chi connectivity index (χ3n) is 2.82. The third-order valence-corrected chi connectivity index (χ3v) is 2.82. The molecule has 4 heteroatoms. The maximum absolute atomic E-state index is 10.7. The predicted octanol–water partition coefficient (Wildman–Crippen LogP) is 2.19. The molecule has 1 aromatic heterocycles. The number of hydrogen-bond donors (Lipinski definition) is 1. The molecule has 76 valence electrons. The molecule has 14 heavy (non-hydrogen) atoms. The Morgan fingerprint density at radius 1 is 1.64 bits per heavy atom. The van der Waals surface area contributed by atoms with Crippen LogP contribution in [0.1, 0.15) is 48.3 Å². The van der Waals surface area contributed by atoms with Crippen molar-refractivity contribution in [3.8, 4) is 0 Å². The summed E-state index contributed by atoms with van der Waals surface area (Å²) < 4.78 is 5.22. The number of aryl methyl sites for hydroxylation is 1. The summed E-state index contributed by atoms with van der Waals surface area (Å²) >= 11 is 0. The molecule has 2 rings (SSSR count). The molecule has 1 aliphatic rings. The highest BCUT2D eigenvalue weighted by Crippen LogP contribution is 2.58. The second kappa shape index (κ2) is 2.59. The first-order valence-electron chi connectivity index (χ1n) is 4.62. The largest absolute Gasteiger partial charge is 0.475 e. The number of nitrogens with zero attached hydrogens (tertiary/aromatic N) is 1. The Morgan fingerprint density at radius 3 is 2.57 bits per heavy atom. The summed E-state index contributed by atoms with van der Waals surface area (Å²) in [4.78, 5) is 14.8. The number of carbonyl (C=O) groups is 1. The standard InChI is InChI=1S/C10H13NO3/c1-5-7(9(12)13)14-8(11-5)6-4-10(6,2)3/h6H,4H2,1-3H3,(H,12,13). The molecule has 0 aliphatic heterocycles. The summed E-state index contributed by atoms with van der Waals surface area (Å²) in [5, 5.41) is 8.78. The van der Waals surface area contributed by atoms with Crippen molar-refractivity contribution >= 4 is 5.97 Å². The maximum atomic E-state index is 10.7. The molecule has 0 radical (unpaired) electrons. The molecule has 1 heterocycles. The van der Waals surface area contributed by atoms with Gasteiger partial charge in [-0.2, -0.15) is 0 Å². The molecule has 1 N–H and O–H groups in total. The van der Waals surface area contributed by atoms with Gasteiger partial charge in [0.1, 0.15) is 0 Å². The van der Waals surface area contributed by atoms with Crippen LogP contribution in [0.25, 0.3) is 0 Å². The lowest BCUT2D eigenvalue weighted by Gasteiger charge is -1.96. The van der Waals surface area contributed by atoms with Crippen LogP contribution in [-0.2, 0) is 0 Å². The topological polar surface area (TPSA) is 63.3 Å². The van der Waals surface area contributed by atoms with Crippen LogP contribution in [-0.4, -0.2) is 16.1 Å². The molecule has 1 saturated carbocycles. The molecule has 1 atom stereocenters. The van der Waals surface area contributed by atoms with Crippen LogP contribution < -0.4 is 0 Å². The Balaban J connectivity index is 2.30. The van der Waals surface area contributed by atoms with E-state index in [0.717, 1.165) is 6.42 Å². The number of hydrogen-bond acceptors (Lipinski definition) is 3. The Kier molecular flexibility index (Phi) is 1.71. The first-order chi connectivity index (χ1) is 6.42. The lowest BCUT2D eigenvalue weighted by molar-refractivity contribution is 0.0659. The smallest absolute Gasteiger partial charge is 0.373 e. The Hall–Kier alpha value is -1.32. The van der Waals surface area contributed by atoms with E-state index in [9.17, 15) is 4.79 Å². The van der Waals surface area contributed by atoms with Gasteiger partial charge in [-0.3, -0.25) is 0 Å². The first kappa shape index (κ1) is 9.24. The minimum atomic E-state index is -1.04. The van der Waals surface area contributed by atoms with E-state index in [-0.39, 0.29) is 17.1 Å². The molecular formula is C10H13NO3. The van der Waals surface area contributed by atoms with E-state index in [1.807, 2.05) is 0 Å². The number of oxazole rings is 1. The van der Waals surface area contributed by atoms with Gasteiger partial charge in [0, 0.05) is 5.92 Å². The number of rotatable bonds is 2. The summed E-state index contributed by atoms with van der Waals surface area (Å²) in [6, 6.07) is 0. The second-order valence-electron chi connectivity index (χ2n) is 4.52. The van der Waals surface area contributed by atoms with Crippen LogP contribution >= 0.6 is 0 Å². The van der Waals surface area contributed by atoms with E-state index in [0.29, 0.717) is 11.6 Å². The van der Waals surface area contributed by atoms with E-state index < -0.39 is 5.97 Å². The highest BCUT2D eigenvalue weighted by molar-refractivity contribution is 5.85. The fourth-order valence-corrected chi connectivity index (χ4v) is 1.65. The first-order valence-corrected chi connectivity index (χ1v) is 4.62. The van der Waals surface area contributed by atoms with Crippen molar-refractivity contribution in [1.29, 1.82) is 0 Å². The van der Waals surface area contributed by atoms with Gasteiger partial charge in [0.25, 0.3) is 0 Å². The van der Waals surface area contributed by atoms with Crippen LogP contribution in [0.5, 0.6) is 0 Å². The normalized spacial score (nSPS) is 23.5. The van der Waals surface area contributed by atoms with Gasteiger partial charge >= 0.3 is 5.97 Å². The van der Waals surface area contributed by atoms with Crippen molar-refractivity contribution in [1.82, 2.24) is 4.98 Å². The van der Waals surface area contributed by atoms with Gasteiger partial charge in [-0.15, -0.1) is 0 Å². The minimum absolute atomic E-state index is 0.0253. The Morgan fingerprint density at radius 2 is 2.21 bits per heavy atom. The monoisotopic (exact) mass is 195 g/mol.